The minimum absolute atomic E-state index is 0.0570. The Morgan fingerprint density at radius 1 is 1.25 bits per heavy atom. The second kappa shape index (κ2) is 5.92. The summed E-state index contributed by atoms with van der Waals surface area (Å²) in [5, 5.41) is 1.10. The van der Waals surface area contributed by atoms with Crippen molar-refractivity contribution >= 4 is 37.8 Å². The van der Waals surface area contributed by atoms with E-state index in [9.17, 15) is 4.21 Å². The molecule has 0 saturated carbocycles. The van der Waals surface area contributed by atoms with Gasteiger partial charge in [-0.15, -0.1) is 0 Å². The summed E-state index contributed by atoms with van der Waals surface area (Å²) in [6, 6.07) is 9.99. The molecular weight excluding hydrogens is 336 g/mol. The van der Waals surface area contributed by atoms with Gasteiger partial charge in [0.1, 0.15) is 0 Å². The van der Waals surface area contributed by atoms with E-state index in [1.807, 2.05) is 58.0 Å². The van der Waals surface area contributed by atoms with Crippen LogP contribution in [0.4, 0.5) is 0 Å². The zero-order valence-corrected chi connectivity index (χ0v) is 14.5. The number of rotatable bonds is 3. The second-order valence-corrected chi connectivity index (χ2v) is 8.71. The molecule has 2 rings (SSSR count). The van der Waals surface area contributed by atoms with Crippen LogP contribution in [0.15, 0.2) is 34.8 Å². The van der Waals surface area contributed by atoms with Gasteiger partial charge in [-0.05, 0) is 45.9 Å². The van der Waals surface area contributed by atoms with Gasteiger partial charge in [-0.25, -0.2) is 8.93 Å². The van der Waals surface area contributed by atoms with Crippen LogP contribution in [0.1, 0.15) is 39.4 Å². The van der Waals surface area contributed by atoms with Crippen molar-refractivity contribution in [2.75, 3.05) is 0 Å². The molecule has 3 nitrogen and oxygen atoms in total. The van der Waals surface area contributed by atoms with Gasteiger partial charge in [-0.3, -0.25) is 4.98 Å². The fourth-order valence-corrected chi connectivity index (χ4v) is 2.89. The van der Waals surface area contributed by atoms with Gasteiger partial charge in [0, 0.05) is 9.86 Å². The van der Waals surface area contributed by atoms with Gasteiger partial charge in [-0.1, -0.05) is 28.1 Å². The van der Waals surface area contributed by atoms with Gasteiger partial charge < -0.3 is 0 Å². The molecule has 0 aliphatic rings. The molecule has 108 valence electrons. The van der Waals surface area contributed by atoms with Gasteiger partial charge in [-0.2, -0.15) is 0 Å². The first-order valence-electron chi connectivity index (χ1n) is 6.51. The third-order valence-electron chi connectivity index (χ3n) is 2.96. The number of fused-ring (bicyclic) bond motifs is 1. The smallest absolute Gasteiger partial charge is 0.0976 e. The van der Waals surface area contributed by atoms with E-state index in [-0.39, 0.29) is 10.8 Å². The molecule has 2 aromatic rings. The van der Waals surface area contributed by atoms with E-state index in [1.165, 1.54) is 0 Å². The van der Waals surface area contributed by atoms with Crippen LogP contribution in [0.2, 0.25) is 0 Å². The van der Waals surface area contributed by atoms with E-state index in [4.69, 9.17) is 0 Å². The number of aromatic nitrogens is 1. The highest BCUT2D eigenvalue weighted by atomic mass is 79.9. The van der Waals surface area contributed by atoms with E-state index in [0.29, 0.717) is 0 Å². The quantitative estimate of drug-likeness (QED) is 0.900. The van der Waals surface area contributed by atoms with Crippen LogP contribution >= 0.6 is 15.9 Å². The Hall–Kier alpha value is -0.780. The fourth-order valence-electron chi connectivity index (χ4n) is 1.74. The molecule has 0 aliphatic carbocycles. The summed E-state index contributed by atoms with van der Waals surface area (Å²) in [5.41, 5.74) is 1.83. The van der Waals surface area contributed by atoms with Crippen LogP contribution < -0.4 is 4.72 Å². The van der Waals surface area contributed by atoms with Crippen LogP contribution in [0.25, 0.3) is 10.9 Å². The second-order valence-electron chi connectivity index (χ2n) is 5.79. The summed E-state index contributed by atoms with van der Waals surface area (Å²) in [4.78, 5) is 4.64. The first-order valence-corrected chi connectivity index (χ1v) is 8.46. The standard InChI is InChI=1S/C15H19BrN2OS/c1-10(18-20(19)15(2,3)4)13-8-6-11-5-7-12(16)9-14(11)17-13/h5-10,18H,1-4H3/t10-,20?/m0/s1. The highest BCUT2D eigenvalue weighted by Crippen LogP contribution is 2.21. The molecule has 1 aromatic carbocycles. The molecule has 0 bridgehead atoms. The Bertz CT molecular complexity index is 652. The van der Waals surface area contributed by atoms with Crippen LogP contribution in [0, 0.1) is 0 Å². The maximum absolute atomic E-state index is 12.1. The normalized spacial score (nSPS) is 15.2. The lowest BCUT2D eigenvalue weighted by atomic mass is 10.1. The monoisotopic (exact) mass is 354 g/mol. The number of hydrogen-bond donors (Lipinski definition) is 1. The lowest BCUT2D eigenvalue weighted by Crippen LogP contribution is -2.35. The van der Waals surface area contributed by atoms with Crippen molar-refractivity contribution in [1.29, 1.82) is 0 Å². The molecule has 0 amide bonds. The number of nitrogens with zero attached hydrogens (tertiary/aromatic N) is 1. The molecule has 0 radical (unpaired) electrons. The highest BCUT2D eigenvalue weighted by molar-refractivity contribution is 9.10. The van der Waals surface area contributed by atoms with Crippen molar-refractivity contribution in [3.8, 4) is 0 Å². The van der Waals surface area contributed by atoms with Crippen molar-refractivity contribution in [3.63, 3.8) is 0 Å². The molecule has 1 aromatic heterocycles. The Kier molecular flexibility index (Phi) is 4.62. The molecule has 1 heterocycles. The highest BCUT2D eigenvalue weighted by Gasteiger charge is 2.22. The fraction of sp³-hybridized carbons (Fsp3) is 0.400. The van der Waals surface area contributed by atoms with Crippen molar-refractivity contribution in [3.05, 3.63) is 40.5 Å². The Balaban J connectivity index is 2.26. The average Bonchev–Trinajstić information content (AvgIpc) is 2.36. The summed E-state index contributed by atoms with van der Waals surface area (Å²) in [6.07, 6.45) is 0. The summed E-state index contributed by atoms with van der Waals surface area (Å²) >= 11 is 3.46. The zero-order valence-electron chi connectivity index (χ0n) is 12.1. The first kappa shape index (κ1) is 15.6. The minimum Gasteiger partial charge on any atom is -0.251 e. The predicted molar refractivity (Wildman–Crippen MR) is 88.9 cm³/mol. The van der Waals surface area contributed by atoms with Gasteiger partial charge in [0.05, 0.1) is 33.0 Å². The zero-order chi connectivity index (χ0) is 14.9. The molecule has 20 heavy (non-hydrogen) atoms. The third-order valence-corrected chi connectivity index (χ3v) is 5.13. The SMILES string of the molecule is C[C@H](NS(=O)C(C)(C)C)c1ccc2ccc(Br)cc2n1. The largest absolute Gasteiger partial charge is 0.251 e. The average molecular weight is 355 g/mol. The van der Waals surface area contributed by atoms with Gasteiger partial charge >= 0.3 is 0 Å². The molecule has 0 spiro atoms. The molecule has 0 fully saturated rings. The Morgan fingerprint density at radius 2 is 1.90 bits per heavy atom. The molecule has 0 saturated heterocycles. The topological polar surface area (TPSA) is 42.0 Å². The number of pyridine rings is 1. The van der Waals surface area contributed by atoms with Gasteiger partial charge in [0.25, 0.3) is 0 Å². The Morgan fingerprint density at radius 3 is 2.55 bits per heavy atom. The third kappa shape index (κ3) is 3.65. The lowest BCUT2D eigenvalue weighted by molar-refractivity contribution is 0.612. The van der Waals surface area contributed by atoms with Crippen molar-refractivity contribution in [2.24, 2.45) is 0 Å². The molecule has 1 N–H and O–H groups in total. The van der Waals surface area contributed by atoms with E-state index in [2.05, 4.69) is 25.6 Å². The van der Waals surface area contributed by atoms with Crippen LogP contribution in [0.5, 0.6) is 0 Å². The molecule has 2 atom stereocenters. The van der Waals surface area contributed by atoms with Crippen LogP contribution in [0.3, 0.4) is 0 Å². The van der Waals surface area contributed by atoms with Gasteiger partial charge in [0.15, 0.2) is 0 Å². The van der Waals surface area contributed by atoms with E-state index in [1.54, 1.807) is 0 Å². The molecular formula is C15H19BrN2OS. The molecule has 1 unspecified atom stereocenters. The van der Waals surface area contributed by atoms with E-state index >= 15 is 0 Å². The maximum Gasteiger partial charge on any atom is 0.0976 e. The van der Waals surface area contributed by atoms with E-state index in [0.717, 1.165) is 21.1 Å². The number of benzene rings is 1. The number of nitrogens with one attached hydrogen (secondary N) is 1. The van der Waals surface area contributed by atoms with Crippen molar-refractivity contribution < 1.29 is 4.21 Å². The predicted octanol–water partition coefficient (Wildman–Crippen LogP) is 4.11. The maximum atomic E-state index is 12.1. The van der Waals surface area contributed by atoms with E-state index < -0.39 is 11.0 Å². The lowest BCUT2D eigenvalue weighted by Gasteiger charge is -2.21. The van der Waals surface area contributed by atoms with Crippen LogP contribution in [-0.4, -0.2) is 13.9 Å². The summed E-state index contributed by atoms with van der Waals surface area (Å²) < 4.78 is 16.0. The van der Waals surface area contributed by atoms with Crippen molar-refractivity contribution in [1.82, 2.24) is 9.71 Å². The summed E-state index contributed by atoms with van der Waals surface area (Å²) in [7, 11) is -1.11. The number of hydrogen-bond acceptors (Lipinski definition) is 2. The number of halogens is 1. The first-order chi connectivity index (χ1) is 9.27. The molecule has 0 aliphatic heterocycles. The Labute approximate surface area is 130 Å². The summed E-state index contributed by atoms with van der Waals surface area (Å²) in [6.45, 7) is 7.84. The van der Waals surface area contributed by atoms with Crippen LogP contribution in [-0.2, 0) is 11.0 Å². The van der Waals surface area contributed by atoms with Crippen molar-refractivity contribution in [2.45, 2.75) is 38.5 Å². The molecule has 5 heteroatoms. The summed E-state index contributed by atoms with van der Waals surface area (Å²) in [5.74, 6) is 0. The minimum atomic E-state index is -1.11. The van der Waals surface area contributed by atoms with Gasteiger partial charge in [0.2, 0.25) is 0 Å².